The zero-order valence-electron chi connectivity index (χ0n) is 13.9. The third kappa shape index (κ3) is 3.53. The fourth-order valence-corrected chi connectivity index (χ4v) is 3.53. The molecule has 3 rings (SSSR count). The number of nitrogens with zero attached hydrogens (tertiary/aromatic N) is 4. The van der Waals surface area contributed by atoms with E-state index in [4.69, 9.17) is 0 Å². The molecule has 0 saturated carbocycles. The van der Waals surface area contributed by atoms with E-state index in [9.17, 15) is 9.59 Å². The maximum absolute atomic E-state index is 12.4. The predicted molar refractivity (Wildman–Crippen MR) is 92.4 cm³/mol. The van der Waals surface area contributed by atoms with Crippen molar-refractivity contribution in [2.75, 3.05) is 5.32 Å². The van der Waals surface area contributed by atoms with Gasteiger partial charge in [0, 0.05) is 12.5 Å². The lowest BCUT2D eigenvalue weighted by Crippen LogP contribution is -2.33. The molecule has 0 spiro atoms. The van der Waals surface area contributed by atoms with E-state index in [-0.39, 0.29) is 11.5 Å². The number of carbonyl (C=O) groups excluding carboxylic acids is 1. The first-order chi connectivity index (χ1) is 11.6. The first-order valence-corrected chi connectivity index (χ1v) is 9.15. The van der Waals surface area contributed by atoms with Gasteiger partial charge in [-0.05, 0) is 38.2 Å². The summed E-state index contributed by atoms with van der Waals surface area (Å²) in [4.78, 5) is 24.6. The van der Waals surface area contributed by atoms with Gasteiger partial charge in [-0.3, -0.25) is 14.9 Å². The Bertz CT molecular complexity index is 798. The van der Waals surface area contributed by atoms with E-state index in [1.54, 1.807) is 13.0 Å². The van der Waals surface area contributed by atoms with Crippen molar-refractivity contribution in [1.82, 2.24) is 20.0 Å². The zero-order valence-corrected chi connectivity index (χ0v) is 14.7. The Morgan fingerprint density at radius 3 is 3.04 bits per heavy atom. The van der Waals surface area contributed by atoms with E-state index < -0.39 is 6.04 Å². The van der Waals surface area contributed by atoms with E-state index >= 15 is 0 Å². The maximum atomic E-state index is 12.4. The molecule has 0 unspecified atom stereocenters. The lowest BCUT2D eigenvalue weighted by molar-refractivity contribution is -0.119. The van der Waals surface area contributed by atoms with E-state index in [0.717, 1.165) is 54.8 Å². The molecule has 0 bridgehead atoms. The van der Waals surface area contributed by atoms with Crippen LogP contribution in [0.5, 0.6) is 0 Å². The van der Waals surface area contributed by atoms with Crippen molar-refractivity contribution < 1.29 is 4.79 Å². The third-order valence-corrected chi connectivity index (χ3v) is 5.07. The Labute approximate surface area is 144 Å². The van der Waals surface area contributed by atoms with Crippen LogP contribution in [0.2, 0.25) is 0 Å². The first kappa shape index (κ1) is 16.8. The highest BCUT2D eigenvalue weighted by atomic mass is 32.1. The van der Waals surface area contributed by atoms with Crippen molar-refractivity contribution in [3.05, 3.63) is 32.7 Å². The molecule has 0 aromatic carbocycles. The zero-order chi connectivity index (χ0) is 17.1. The van der Waals surface area contributed by atoms with Crippen LogP contribution in [-0.2, 0) is 24.1 Å². The first-order valence-electron chi connectivity index (χ1n) is 8.33. The molecule has 1 aliphatic carbocycles. The van der Waals surface area contributed by atoms with Crippen LogP contribution in [0.25, 0.3) is 0 Å². The summed E-state index contributed by atoms with van der Waals surface area (Å²) in [6, 6.07) is 0.916. The van der Waals surface area contributed by atoms with Gasteiger partial charge in [-0.15, -0.1) is 10.2 Å². The third-order valence-electron chi connectivity index (χ3n) is 4.17. The van der Waals surface area contributed by atoms with Gasteiger partial charge in [-0.2, -0.15) is 5.10 Å². The number of amides is 1. The maximum Gasteiger partial charge on any atom is 0.267 e. The summed E-state index contributed by atoms with van der Waals surface area (Å²) in [6.07, 6.45) is 5.77. The number of rotatable bonds is 6. The molecule has 8 heteroatoms. The Hall–Kier alpha value is -2.09. The van der Waals surface area contributed by atoms with Crippen LogP contribution >= 0.6 is 11.3 Å². The Kier molecular flexibility index (Phi) is 5.03. The number of aromatic nitrogens is 4. The fourth-order valence-electron chi connectivity index (χ4n) is 2.75. The number of aryl methyl sites for hydroxylation is 3. The lowest BCUT2D eigenvalue weighted by Gasteiger charge is -2.13. The van der Waals surface area contributed by atoms with Crippen LogP contribution in [0.15, 0.2) is 10.9 Å². The number of nitrogens with one attached hydrogen (secondary N) is 1. The van der Waals surface area contributed by atoms with Gasteiger partial charge in [-0.1, -0.05) is 24.7 Å². The van der Waals surface area contributed by atoms with E-state index in [1.165, 1.54) is 16.0 Å². The molecule has 2 heterocycles. The molecule has 7 nitrogen and oxygen atoms in total. The molecule has 0 aliphatic heterocycles. The van der Waals surface area contributed by atoms with E-state index in [2.05, 4.69) is 27.5 Å². The summed E-state index contributed by atoms with van der Waals surface area (Å²) in [7, 11) is 0. The Morgan fingerprint density at radius 1 is 1.42 bits per heavy atom. The number of hydrogen-bond acceptors (Lipinski definition) is 6. The summed E-state index contributed by atoms with van der Waals surface area (Å²) >= 11 is 1.38. The average molecular weight is 347 g/mol. The minimum atomic E-state index is -0.689. The topological polar surface area (TPSA) is 89.8 Å². The van der Waals surface area contributed by atoms with Gasteiger partial charge in [0.1, 0.15) is 11.0 Å². The van der Waals surface area contributed by atoms with E-state index in [1.807, 2.05) is 0 Å². The van der Waals surface area contributed by atoms with Crippen molar-refractivity contribution >= 4 is 22.4 Å². The molecule has 1 amide bonds. The SMILES string of the molecule is CCCCc1nnc(NC(=O)[C@H](C)n2nc3c(cc2=O)CCC3)s1. The minimum absolute atomic E-state index is 0.237. The second-order valence-corrected chi connectivity index (χ2v) is 7.08. The van der Waals surface area contributed by atoms with Crippen LogP contribution < -0.4 is 10.9 Å². The molecule has 2 aromatic rings. The summed E-state index contributed by atoms with van der Waals surface area (Å²) in [5.74, 6) is -0.305. The molecule has 0 radical (unpaired) electrons. The molecule has 0 saturated heterocycles. The summed E-state index contributed by atoms with van der Waals surface area (Å²) in [5, 5.41) is 16.6. The van der Waals surface area contributed by atoms with Crippen molar-refractivity contribution in [3.63, 3.8) is 0 Å². The second-order valence-electron chi connectivity index (χ2n) is 6.02. The Morgan fingerprint density at radius 2 is 2.25 bits per heavy atom. The largest absolute Gasteiger partial charge is 0.299 e. The monoisotopic (exact) mass is 347 g/mol. The summed E-state index contributed by atoms with van der Waals surface area (Å²) < 4.78 is 1.26. The molecule has 24 heavy (non-hydrogen) atoms. The minimum Gasteiger partial charge on any atom is -0.299 e. The molecular weight excluding hydrogens is 326 g/mol. The highest BCUT2D eigenvalue weighted by molar-refractivity contribution is 7.15. The second kappa shape index (κ2) is 7.21. The molecular formula is C16H21N5O2S. The van der Waals surface area contributed by atoms with Gasteiger partial charge < -0.3 is 0 Å². The average Bonchev–Trinajstić information content (AvgIpc) is 3.20. The van der Waals surface area contributed by atoms with Gasteiger partial charge >= 0.3 is 0 Å². The molecule has 128 valence electrons. The summed E-state index contributed by atoms with van der Waals surface area (Å²) in [5.41, 5.74) is 1.69. The van der Waals surface area contributed by atoms with Crippen LogP contribution in [0, 0.1) is 0 Å². The number of unbranched alkanes of at least 4 members (excludes halogenated alkanes) is 1. The van der Waals surface area contributed by atoms with Gasteiger partial charge in [0.25, 0.3) is 11.5 Å². The van der Waals surface area contributed by atoms with Crippen molar-refractivity contribution in [3.8, 4) is 0 Å². The summed E-state index contributed by atoms with van der Waals surface area (Å²) in [6.45, 7) is 3.79. The quantitative estimate of drug-likeness (QED) is 0.864. The van der Waals surface area contributed by atoms with Gasteiger partial charge in [-0.25, -0.2) is 4.68 Å². The van der Waals surface area contributed by atoms with Crippen molar-refractivity contribution in [2.24, 2.45) is 0 Å². The van der Waals surface area contributed by atoms with Gasteiger partial charge in [0.05, 0.1) is 5.69 Å². The lowest BCUT2D eigenvalue weighted by atomic mass is 10.2. The fraction of sp³-hybridized carbons (Fsp3) is 0.562. The van der Waals surface area contributed by atoms with Crippen molar-refractivity contribution in [1.29, 1.82) is 0 Å². The van der Waals surface area contributed by atoms with Crippen LogP contribution in [0.1, 0.15) is 55.4 Å². The Balaban J connectivity index is 1.71. The predicted octanol–water partition coefficient (Wildman–Crippen LogP) is 2.13. The molecule has 1 atom stereocenters. The standard InChI is InChI=1S/C16H21N5O2S/c1-3-4-8-13-18-19-16(24-13)17-15(23)10(2)21-14(22)9-11-6-5-7-12(11)20-21/h9-10H,3-8H2,1-2H3,(H,17,19,23)/t10-/m0/s1. The number of anilines is 1. The number of hydrogen-bond donors (Lipinski definition) is 1. The van der Waals surface area contributed by atoms with Crippen LogP contribution in [0.4, 0.5) is 5.13 Å². The molecule has 0 fully saturated rings. The molecule has 2 aromatic heterocycles. The van der Waals surface area contributed by atoms with Gasteiger partial charge in [0.15, 0.2) is 0 Å². The highest BCUT2D eigenvalue weighted by Crippen LogP contribution is 2.20. The molecule has 1 N–H and O–H groups in total. The van der Waals surface area contributed by atoms with Crippen LogP contribution in [0.3, 0.4) is 0 Å². The highest BCUT2D eigenvalue weighted by Gasteiger charge is 2.22. The van der Waals surface area contributed by atoms with Gasteiger partial charge in [0.2, 0.25) is 5.13 Å². The normalized spacial score (nSPS) is 14.4. The van der Waals surface area contributed by atoms with Crippen molar-refractivity contribution in [2.45, 2.75) is 58.4 Å². The smallest absolute Gasteiger partial charge is 0.267 e. The molecule has 1 aliphatic rings. The number of fused-ring (bicyclic) bond motifs is 1. The van der Waals surface area contributed by atoms with Crippen LogP contribution in [-0.4, -0.2) is 25.9 Å². The van der Waals surface area contributed by atoms with E-state index in [0.29, 0.717) is 5.13 Å². The number of carbonyl (C=O) groups is 1.